The van der Waals surface area contributed by atoms with Crippen LogP contribution in [0, 0.1) is 11.5 Å². The normalized spacial score (nSPS) is 20.9. The molecular formula is C13H18N. The predicted molar refractivity (Wildman–Crippen MR) is 60.5 cm³/mol. The fourth-order valence-corrected chi connectivity index (χ4v) is 1.96. The van der Waals surface area contributed by atoms with Crippen LogP contribution in [0.15, 0.2) is 24.3 Å². The van der Waals surface area contributed by atoms with Gasteiger partial charge in [-0.3, -0.25) is 0 Å². The number of hydrogen-bond donors (Lipinski definition) is 0. The maximum absolute atomic E-state index is 3.06. The number of nitrogens with zero attached hydrogens (tertiary/aromatic N) is 1. The van der Waals surface area contributed by atoms with Crippen molar-refractivity contribution in [3.8, 4) is 0 Å². The molecule has 1 radical (unpaired) electrons. The molecule has 1 fully saturated rings. The van der Waals surface area contributed by atoms with Crippen LogP contribution < -0.4 is 4.90 Å². The van der Waals surface area contributed by atoms with E-state index < -0.39 is 0 Å². The fraction of sp³-hybridized carbons (Fsp3) is 0.538. The van der Waals surface area contributed by atoms with Crippen LogP contribution >= 0.6 is 0 Å². The van der Waals surface area contributed by atoms with Gasteiger partial charge in [0, 0.05) is 18.8 Å². The van der Waals surface area contributed by atoms with Crippen molar-refractivity contribution >= 4 is 5.69 Å². The van der Waals surface area contributed by atoms with Crippen molar-refractivity contribution in [1.29, 1.82) is 0 Å². The Morgan fingerprint density at radius 1 is 1.14 bits per heavy atom. The van der Waals surface area contributed by atoms with Gasteiger partial charge in [0.2, 0.25) is 0 Å². The van der Waals surface area contributed by atoms with E-state index in [0.29, 0.717) is 5.41 Å². The maximum atomic E-state index is 3.06. The van der Waals surface area contributed by atoms with Gasteiger partial charge < -0.3 is 4.90 Å². The lowest BCUT2D eigenvalue weighted by Gasteiger charge is -2.38. The lowest BCUT2D eigenvalue weighted by atomic mass is 9.82. The molecule has 0 unspecified atom stereocenters. The molecule has 0 saturated carbocycles. The molecule has 1 heterocycles. The summed E-state index contributed by atoms with van der Waals surface area (Å²) in [5, 5.41) is 0. The Hall–Kier alpha value is -0.980. The first kappa shape index (κ1) is 9.57. The first-order valence-corrected chi connectivity index (χ1v) is 5.38. The second-order valence-electron chi connectivity index (χ2n) is 4.91. The maximum Gasteiger partial charge on any atom is 0.0366 e. The molecule has 0 atom stereocenters. The van der Waals surface area contributed by atoms with Gasteiger partial charge in [-0.05, 0) is 36.5 Å². The number of piperidine rings is 1. The summed E-state index contributed by atoms with van der Waals surface area (Å²) in [4.78, 5) is 2.47. The number of benzene rings is 1. The standard InChI is InChI=1S/C13H18N/c1-13(2)8-10-14(11-9-13)12-6-4-3-5-7-12/h4-7H,8-11H2,1-2H3. The van der Waals surface area contributed by atoms with E-state index in [4.69, 9.17) is 0 Å². The molecule has 14 heavy (non-hydrogen) atoms. The molecule has 1 aliphatic rings. The van der Waals surface area contributed by atoms with Crippen LogP contribution in [-0.2, 0) is 0 Å². The minimum Gasteiger partial charge on any atom is -0.371 e. The Morgan fingerprint density at radius 3 is 2.29 bits per heavy atom. The van der Waals surface area contributed by atoms with Gasteiger partial charge in [-0.2, -0.15) is 0 Å². The third kappa shape index (κ3) is 2.09. The second-order valence-corrected chi connectivity index (χ2v) is 4.91. The SMILES string of the molecule is CC1(C)CCN(c2cc[c]cc2)CC1. The van der Waals surface area contributed by atoms with Gasteiger partial charge in [0.25, 0.3) is 0 Å². The fourth-order valence-electron chi connectivity index (χ4n) is 1.96. The van der Waals surface area contributed by atoms with Gasteiger partial charge in [-0.15, -0.1) is 0 Å². The van der Waals surface area contributed by atoms with Crippen LogP contribution in [-0.4, -0.2) is 13.1 Å². The molecule has 1 aromatic carbocycles. The van der Waals surface area contributed by atoms with Crippen molar-refractivity contribution in [3.63, 3.8) is 0 Å². The van der Waals surface area contributed by atoms with Crippen molar-refractivity contribution in [3.05, 3.63) is 30.3 Å². The topological polar surface area (TPSA) is 3.24 Å². The third-order valence-electron chi connectivity index (χ3n) is 3.18. The lowest BCUT2D eigenvalue weighted by Crippen LogP contribution is -2.37. The average Bonchev–Trinajstić information content (AvgIpc) is 2.19. The van der Waals surface area contributed by atoms with E-state index in [0.717, 1.165) is 0 Å². The zero-order valence-electron chi connectivity index (χ0n) is 9.09. The monoisotopic (exact) mass is 188 g/mol. The Labute approximate surface area is 86.7 Å². The van der Waals surface area contributed by atoms with Gasteiger partial charge in [0.1, 0.15) is 0 Å². The van der Waals surface area contributed by atoms with E-state index >= 15 is 0 Å². The largest absolute Gasteiger partial charge is 0.371 e. The zero-order chi connectivity index (χ0) is 10.0. The Kier molecular flexibility index (Phi) is 2.49. The smallest absolute Gasteiger partial charge is 0.0366 e. The lowest BCUT2D eigenvalue weighted by molar-refractivity contribution is 0.280. The van der Waals surface area contributed by atoms with E-state index in [1.807, 2.05) is 12.1 Å². The van der Waals surface area contributed by atoms with Crippen molar-refractivity contribution in [2.24, 2.45) is 5.41 Å². The van der Waals surface area contributed by atoms with E-state index in [9.17, 15) is 0 Å². The van der Waals surface area contributed by atoms with E-state index in [-0.39, 0.29) is 0 Å². The van der Waals surface area contributed by atoms with Gasteiger partial charge in [-0.1, -0.05) is 26.0 Å². The highest BCUT2D eigenvalue weighted by Crippen LogP contribution is 2.31. The number of hydrogen-bond acceptors (Lipinski definition) is 1. The predicted octanol–water partition coefficient (Wildman–Crippen LogP) is 3.11. The average molecular weight is 188 g/mol. The molecule has 0 N–H and O–H groups in total. The van der Waals surface area contributed by atoms with Crippen LogP contribution in [0.4, 0.5) is 5.69 Å². The summed E-state index contributed by atoms with van der Waals surface area (Å²) in [6.45, 7) is 7.11. The molecule has 1 saturated heterocycles. The molecule has 0 aromatic heterocycles. The third-order valence-corrected chi connectivity index (χ3v) is 3.18. The van der Waals surface area contributed by atoms with Crippen LogP contribution in [0.3, 0.4) is 0 Å². The quantitative estimate of drug-likeness (QED) is 0.654. The highest BCUT2D eigenvalue weighted by molar-refractivity contribution is 5.46. The molecule has 0 amide bonds. The van der Waals surface area contributed by atoms with Crippen LogP contribution in [0.2, 0.25) is 0 Å². The van der Waals surface area contributed by atoms with Crippen molar-refractivity contribution in [2.75, 3.05) is 18.0 Å². The minimum atomic E-state index is 0.539. The highest BCUT2D eigenvalue weighted by Gasteiger charge is 2.25. The summed E-state index contributed by atoms with van der Waals surface area (Å²) in [6.07, 6.45) is 2.59. The molecule has 1 aromatic rings. The molecule has 1 nitrogen and oxygen atoms in total. The Morgan fingerprint density at radius 2 is 1.71 bits per heavy atom. The molecule has 1 heteroatoms. The summed E-state index contributed by atoms with van der Waals surface area (Å²) in [7, 11) is 0. The second kappa shape index (κ2) is 3.64. The minimum absolute atomic E-state index is 0.539. The molecule has 0 bridgehead atoms. The summed E-state index contributed by atoms with van der Waals surface area (Å²) in [5.74, 6) is 0. The van der Waals surface area contributed by atoms with Gasteiger partial charge >= 0.3 is 0 Å². The summed E-state index contributed by atoms with van der Waals surface area (Å²) < 4.78 is 0. The molecular weight excluding hydrogens is 170 g/mol. The molecule has 1 aliphatic heterocycles. The van der Waals surface area contributed by atoms with Gasteiger partial charge in [0.05, 0.1) is 0 Å². The van der Waals surface area contributed by atoms with Crippen LogP contribution in [0.5, 0.6) is 0 Å². The van der Waals surface area contributed by atoms with Gasteiger partial charge in [0.15, 0.2) is 0 Å². The number of rotatable bonds is 1. The van der Waals surface area contributed by atoms with Crippen molar-refractivity contribution < 1.29 is 0 Å². The van der Waals surface area contributed by atoms with E-state index in [1.165, 1.54) is 31.6 Å². The Bertz CT molecular complexity index is 279. The summed E-state index contributed by atoms with van der Waals surface area (Å²) >= 11 is 0. The molecule has 0 aliphatic carbocycles. The first-order valence-electron chi connectivity index (χ1n) is 5.38. The first-order chi connectivity index (χ1) is 6.67. The summed E-state index contributed by atoms with van der Waals surface area (Å²) in [6, 6.07) is 11.4. The van der Waals surface area contributed by atoms with E-state index in [1.54, 1.807) is 0 Å². The molecule has 75 valence electrons. The number of anilines is 1. The van der Waals surface area contributed by atoms with Crippen LogP contribution in [0.25, 0.3) is 0 Å². The summed E-state index contributed by atoms with van der Waals surface area (Å²) in [5.41, 5.74) is 1.89. The van der Waals surface area contributed by atoms with E-state index in [2.05, 4.69) is 36.9 Å². The van der Waals surface area contributed by atoms with Gasteiger partial charge in [-0.25, -0.2) is 0 Å². The molecule has 0 spiro atoms. The van der Waals surface area contributed by atoms with Crippen molar-refractivity contribution in [2.45, 2.75) is 26.7 Å². The molecule has 2 rings (SSSR count). The van der Waals surface area contributed by atoms with Crippen molar-refractivity contribution in [1.82, 2.24) is 0 Å². The van der Waals surface area contributed by atoms with Crippen LogP contribution in [0.1, 0.15) is 26.7 Å². The zero-order valence-corrected chi connectivity index (χ0v) is 9.09. The Balaban J connectivity index is 2.03. The highest BCUT2D eigenvalue weighted by atomic mass is 15.1.